The molecule has 1 aromatic carbocycles. The molecule has 1 aliphatic heterocycles. The van der Waals surface area contributed by atoms with Crippen molar-refractivity contribution in [1.29, 1.82) is 0 Å². The number of piperazine rings is 1. The second kappa shape index (κ2) is 9.82. The van der Waals surface area contributed by atoms with Gasteiger partial charge in [-0.3, -0.25) is 4.99 Å². The predicted molar refractivity (Wildman–Crippen MR) is 120 cm³/mol. The normalized spacial score (nSPS) is 20.5. The zero-order valence-corrected chi connectivity index (χ0v) is 18.9. The molecule has 0 saturated carbocycles. The zero-order chi connectivity index (χ0) is 21.7. The number of aliphatic imine (C=N–C) groups is 1. The Labute approximate surface area is 184 Å². The van der Waals surface area contributed by atoms with Crippen molar-refractivity contribution >= 4 is 16.0 Å². The van der Waals surface area contributed by atoms with Crippen molar-refractivity contribution < 1.29 is 12.9 Å². The summed E-state index contributed by atoms with van der Waals surface area (Å²) >= 11 is 0. The molecule has 2 aliphatic rings. The van der Waals surface area contributed by atoms with Gasteiger partial charge in [-0.2, -0.15) is 4.31 Å². The van der Waals surface area contributed by atoms with Gasteiger partial charge < -0.3 is 14.7 Å². The highest BCUT2D eigenvalue weighted by atomic mass is 32.2. The van der Waals surface area contributed by atoms with Crippen LogP contribution in [0.1, 0.15) is 42.5 Å². The third-order valence-electron chi connectivity index (χ3n) is 6.04. The first-order valence-corrected chi connectivity index (χ1v) is 12.7. The standard InChI is InChI=1S/C22H31N5O3S/c1-2-23-22(24-16-19-8-5-7-18-6-3-4-9-21(18)19)26-11-13-27(14-12-26)31(28,29)17-20-10-15-30-25-20/h3-4,6,9-10,15,19H,2,5,7-8,11-14,16-17H2,1H3,(H,23,24). The third-order valence-corrected chi connectivity index (χ3v) is 7.86. The van der Waals surface area contributed by atoms with E-state index in [0.29, 0.717) is 37.8 Å². The summed E-state index contributed by atoms with van der Waals surface area (Å²) in [5, 5.41) is 7.12. The molecule has 8 nitrogen and oxygen atoms in total. The van der Waals surface area contributed by atoms with Crippen molar-refractivity contribution in [3.63, 3.8) is 0 Å². The first kappa shape index (κ1) is 21.8. The number of aryl methyl sites for hydroxylation is 1. The highest BCUT2D eigenvalue weighted by molar-refractivity contribution is 7.88. The van der Waals surface area contributed by atoms with Gasteiger partial charge in [0.2, 0.25) is 10.0 Å². The molecule has 1 saturated heterocycles. The molecule has 2 heterocycles. The average molecular weight is 446 g/mol. The van der Waals surface area contributed by atoms with Crippen LogP contribution in [0.4, 0.5) is 0 Å². The van der Waals surface area contributed by atoms with E-state index in [4.69, 9.17) is 9.52 Å². The Morgan fingerprint density at radius 1 is 1.23 bits per heavy atom. The van der Waals surface area contributed by atoms with Gasteiger partial charge in [0.05, 0.1) is 5.69 Å². The number of guanidine groups is 1. The maximum absolute atomic E-state index is 12.7. The number of rotatable bonds is 6. The van der Waals surface area contributed by atoms with Crippen molar-refractivity contribution in [2.24, 2.45) is 4.99 Å². The van der Waals surface area contributed by atoms with E-state index in [1.54, 1.807) is 10.4 Å². The number of nitrogens with zero attached hydrogens (tertiary/aromatic N) is 4. The lowest BCUT2D eigenvalue weighted by atomic mass is 9.83. The SMILES string of the molecule is CCNC(=NCC1CCCc2ccccc21)N1CCN(S(=O)(=O)Cc2ccon2)CC1. The quantitative estimate of drug-likeness (QED) is 0.542. The van der Waals surface area contributed by atoms with Crippen LogP contribution in [0.25, 0.3) is 0 Å². The fourth-order valence-corrected chi connectivity index (χ4v) is 5.86. The highest BCUT2D eigenvalue weighted by Gasteiger charge is 2.29. The number of benzene rings is 1. The Kier molecular flexibility index (Phi) is 6.92. The molecule has 1 atom stereocenters. The number of hydrogen-bond acceptors (Lipinski definition) is 5. The second-order valence-corrected chi connectivity index (χ2v) is 10.1. The largest absolute Gasteiger partial charge is 0.364 e. The van der Waals surface area contributed by atoms with Gasteiger partial charge in [-0.05, 0) is 37.3 Å². The van der Waals surface area contributed by atoms with Gasteiger partial charge >= 0.3 is 0 Å². The fraction of sp³-hybridized carbons (Fsp3) is 0.545. The Hall–Kier alpha value is -2.39. The summed E-state index contributed by atoms with van der Waals surface area (Å²) in [6.45, 7) is 5.71. The summed E-state index contributed by atoms with van der Waals surface area (Å²) in [6.07, 6.45) is 4.91. The van der Waals surface area contributed by atoms with Gasteiger partial charge in [-0.25, -0.2) is 8.42 Å². The van der Waals surface area contributed by atoms with E-state index >= 15 is 0 Å². The van der Waals surface area contributed by atoms with E-state index in [1.165, 1.54) is 23.8 Å². The van der Waals surface area contributed by atoms with E-state index < -0.39 is 10.0 Å². The maximum Gasteiger partial charge on any atom is 0.220 e. The molecule has 0 amide bonds. The molecule has 168 valence electrons. The molecule has 0 radical (unpaired) electrons. The Bertz CT molecular complexity index is 982. The maximum atomic E-state index is 12.7. The fourth-order valence-electron chi connectivity index (χ4n) is 4.43. The smallest absolute Gasteiger partial charge is 0.220 e. The van der Waals surface area contributed by atoms with Crippen molar-refractivity contribution in [2.45, 2.75) is 37.9 Å². The Morgan fingerprint density at radius 2 is 2.03 bits per heavy atom. The van der Waals surface area contributed by atoms with E-state index in [2.05, 4.69) is 46.6 Å². The number of hydrogen-bond donors (Lipinski definition) is 1. The number of nitrogens with one attached hydrogen (secondary N) is 1. The molecule has 1 N–H and O–H groups in total. The minimum absolute atomic E-state index is 0.126. The van der Waals surface area contributed by atoms with Gasteiger partial charge in [0, 0.05) is 51.3 Å². The first-order valence-electron chi connectivity index (χ1n) is 11.0. The average Bonchev–Trinajstić information content (AvgIpc) is 3.29. The zero-order valence-electron chi connectivity index (χ0n) is 18.0. The molecule has 0 bridgehead atoms. The van der Waals surface area contributed by atoms with Crippen molar-refractivity contribution in [1.82, 2.24) is 19.7 Å². The van der Waals surface area contributed by atoms with Crippen LogP contribution in [0.5, 0.6) is 0 Å². The topological polar surface area (TPSA) is 91.0 Å². The van der Waals surface area contributed by atoms with Crippen LogP contribution in [0.15, 0.2) is 46.1 Å². The van der Waals surface area contributed by atoms with Gasteiger partial charge in [0.15, 0.2) is 5.96 Å². The van der Waals surface area contributed by atoms with Crippen LogP contribution in [-0.2, 0) is 22.2 Å². The van der Waals surface area contributed by atoms with Crippen LogP contribution in [0, 0.1) is 0 Å². The lowest BCUT2D eigenvalue weighted by Gasteiger charge is -2.36. The van der Waals surface area contributed by atoms with Crippen LogP contribution < -0.4 is 5.32 Å². The minimum Gasteiger partial charge on any atom is -0.364 e. The molecular formula is C22H31N5O3S. The van der Waals surface area contributed by atoms with E-state index in [9.17, 15) is 8.42 Å². The molecule has 9 heteroatoms. The van der Waals surface area contributed by atoms with E-state index in [0.717, 1.165) is 31.9 Å². The van der Waals surface area contributed by atoms with Crippen LogP contribution in [0.3, 0.4) is 0 Å². The van der Waals surface area contributed by atoms with Crippen molar-refractivity contribution in [2.75, 3.05) is 39.3 Å². The molecule has 2 aromatic rings. The van der Waals surface area contributed by atoms with Gasteiger partial charge in [0.1, 0.15) is 12.0 Å². The molecule has 31 heavy (non-hydrogen) atoms. The third kappa shape index (κ3) is 5.27. The molecule has 0 spiro atoms. The number of aromatic nitrogens is 1. The lowest BCUT2D eigenvalue weighted by molar-refractivity contribution is 0.259. The molecule has 1 aromatic heterocycles. The van der Waals surface area contributed by atoms with Crippen molar-refractivity contribution in [3.8, 4) is 0 Å². The first-order chi connectivity index (χ1) is 15.1. The predicted octanol–water partition coefficient (Wildman–Crippen LogP) is 2.21. The lowest BCUT2D eigenvalue weighted by Crippen LogP contribution is -2.54. The Balaban J connectivity index is 1.38. The summed E-state index contributed by atoms with van der Waals surface area (Å²) in [5.74, 6) is 1.19. The van der Waals surface area contributed by atoms with Crippen LogP contribution >= 0.6 is 0 Å². The van der Waals surface area contributed by atoms with Gasteiger partial charge in [-0.15, -0.1) is 0 Å². The van der Waals surface area contributed by atoms with Gasteiger partial charge in [0.25, 0.3) is 0 Å². The second-order valence-electron chi connectivity index (χ2n) is 8.12. The summed E-state index contributed by atoms with van der Waals surface area (Å²) in [4.78, 5) is 7.12. The summed E-state index contributed by atoms with van der Waals surface area (Å²) in [6, 6.07) is 10.3. The molecular weight excluding hydrogens is 414 g/mol. The van der Waals surface area contributed by atoms with E-state index in [-0.39, 0.29) is 5.75 Å². The Morgan fingerprint density at radius 3 is 2.77 bits per heavy atom. The summed E-state index contributed by atoms with van der Waals surface area (Å²) < 4.78 is 31.7. The number of fused-ring (bicyclic) bond motifs is 1. The van der Waals surface area contributed by atoms with Gasteiger partial charge in [-0.1, -0.05) is 29.4 Å². The summed E-state index contributed by atoms with van der Waals surface area (Å²) in [5.41, 5.74) is 3.31. The molecule has 1 unspecified atom stereocenters. The van der Waals surface area contributed by atoms with Crippen LogP contribution in [0.2, 0.25) is 0 Å². The molecule has 1 fully saturated rings. The van der Waals surface area contributed by atoms with E-state index in [1.807, 2.05) is 0 Å². The minimum atomic E-state index is -3.41. The van der Waals surface area contributed by atoms with Crippen molar-refractivity contribution in [3.05, 3.63) is 53.4 Å². The number of sulfonamides is 1. The molecule has 1 aliphatic carbocycles. The molecule has 4 rings (SSSR count). The van der Waals surface area contributed by atoms with Crippen LogP contribution in [-0.4, -0.2) is 68.0 Å². The highest BCUT2D eigenvalue weighted by Crippen LogP contribution is 2.31. The summed E-state index contributed by atoms with van der Waals surface area (Å²) in [7, 11) is -3.41. The monoisotopic (exact) mass is 445 g/mol.